The zero-order chi connectivity index (χ0) is 12.9. The van der Waals surface area contributed by atoms with Crippen molar-refractivity contribution in [1.29, 1.82) is 0 Å². The number of ether oxygens (including phenoxy) is 1. The number of hydrogen-bond donors (Lipinski definition) is 1. The van der Waals surface area contributed by atoms with Crippen molar-refractivity contribution in [1.82, 2.24) is 0 Å². The third-order valence-electron chi connectivity index (χ3n) is 3.51. The molecule has 0 spiro atoms. The van der Waals surface area contributed by atoms with Crippen LogP contribution in [0.5, 0.6) is 0 Å². The van der Waals surface area contributed by atoms with Crippen molar-refractivity contribution in [3.63, 3.8) is 0 Å². The molecule has 2 unspecified atom stereocenters. The summed E-state index contributed by atoms with van der Waals surface area (Å²) in [6.45, 7) is 6.60. The average Bonchev–Trinajstić information content (AvgIpc) is 2.15. The highest BCUT2D eigenvalue weighted by Gasteiger charge is 2.36. The van der Waals surface area contributed by atoms with Crippen molar-refractivity contribution < 1.29 is 14.6 Å². The van der Waals surface area contributed by atoms with Gasteiger partial charge in [-0.05, 0) is 38.0 Å². The first-order valence-electron chi connectivity index (χ1n) is 6.83. The van der Waals surface area contributed by atoms with Gasteiger partial charge in [0.15, 0.2) is 0 Å². The van der Waals surface area contributed by atoms with E-state index in [9.17, 15) is 9.90 Å². The minimum atomic E-state index is -0.815. The summed E-state index contributed by atoms with van der Waals surface area (Å²) in [7, 11) is 0. The van der Waals surface area contributed by atoms with Gasteiger partial charge in [-0.3, -0.25) is 4.79 Å². The van der Waals surface area contributed by atoms with Gasteiger partial charge in [0.05, 0.1) is 18.6 Å². The van der Waals surface area contributed by atoms with Crippen LogP contribution in [0.15, 0.2) is 0 Å². The summed E-state index contributed by atoms with van der Waals surface area (Å²) >= 11 is 0. The van der Waals surface area contributed by atoms with E-state index in [1.54, 1.807) is 6.92 Å². The van der Waals surface area contributed by atoms with Crippen LogP contribution in [0, 0.1) is 11.8 Å². The Bertz CT molecular complexity index is 250. The molecule has 0 aromatic carbocycles. The Labute approximate surface area is 105 Å². The monoisotopic (exact) mass is 242 g/mol. The molecule has 2 atom stereocenters. The second-order valence-corrected chi connectivity index (χ2v) is 5.80. The van der Waals surface area contributed by atoms with E-state index in [1.165, 1.54) is 6.42 Å². The van der Waals surface area contributed by atoms with E-state index in [0.29, 0.717) is 18.4 Å². The third kappa shape index (κ3) is 5.07. The fraction of sp³-hybridized carbons (Fsp3) is 0.929. The normalized spacial score (nSPS) is 29.4. The Morgan fingerprint density at radius 2 is 2.24 bits per heavy atom. The molecule has 0 bridgehead atoms. The summed E-state index contributed by atoms with van der Waals surface area (Å²) in [5.74, 6) is 0.952. The largest absolute Gasteiger partial charge is 0.466 e. The minimum Gasteiger partial charge on any atom is -0.466 e. The van der Waals surface area contributed by atoms with Gasteiger partial charge in [-0.25, -0.2) is 0 Å². The Morgan fingerprint density at radius 1 is 1.53 bits per heavy atom. The molecule has 0 heterocycles. The first-order valence-corrected chi connectivity index (χ1v) is 6.83. The standard InChI is InChI=1S/C14H26O3/c1-4-17-13(15)10-14(16)7-5-6-12(9-14)8-11(2)3/h11-12,16H,4-10H2,1-3H3. The van der Waals surface area contributed by atoms with Crippen LogP contribution in [0.25, 0.3) is 0 Å². The number of rotatable bonds is 5. The van der Waals surface area contributed by atoms with Crippen molar-refractivity contribution in [3.8, 4) is 0 Å². The third-order valence-corrected chi connectivity index (χ3v) is 3.51. The van der Waals surface area contributed by atoms with Crippen molar-refractivity contribution in [2.24, 2.45) is 11.8 Å². The molecule has 0 radical (unpaired) electrons. The van der Waals surface area contributed by atoms with Crippen molar-refractivity contribution in [2.45, 2.75) is 64.9 Å². The van der Waals surface area contributed by atoms with Crippen molar-refractivity contribution >= 4 is 5.97 Å². The van der Waals surface area contributed by atoms with E-state index in [4.69, 9.17) is 4.74 Å². The van der Waals surface area contributed by atoms with Crippen molar-refractivity contribution in [2.75, 3.05) is 6.61 Å². The highest BCUT2D eigenvalue weighted by Crippen LogP contribution is 2.37. The molecule has 0 saturated heterocycles. The zero-order valence-corrected chi connectivity index (χ0v) is 11.4. The molecule has 0 aromatic rings. The fourth-order valence-electron chi connectivity index (χ4n) is 2.97. The molecule has 1 aliphatic carbocycles. The first-order chi connectivity index (χ1) is 7.95. The van der Waals surface area contributed by atoms with Gasteiger partial charge in [-0.1, -0.05) is 26.7 Å². The predicted octanol–water partition coefficient (Wildman–Crippen LogP) is 2.91. The van der Waals surface area contributed by atoms with Crippen LogP contribution in [0.3, 0.4) is 0 Å². The smallest absolute Gasteiger partial charge is 0.308 e. The fourth-order valence-corrected chi connectivity index (χ4v) is 2.97. The molecular formula is C14H26O3. The molecule has 1 saturated carbocycles. The van der Waals surface area contributed by atoms with Crippen molar-refractivity contribution in [3.05, 3.63) is 0 Å². The maximum atomic E-state index is 11.5. The van der Waals surface area contributed by atoms with E-state index in [-0.39, 0.29) is 12.4 Å². The summed E-state index contributed by atoms with van der Waals surface area (Å²) < 4.78 is 4.93. The summed E-state index contributed by atoms with van der Waals surface area (Å²) in [6.07, 6.45) is 5.00. The van der Waals surface area contributed by atoms with Crippen LogP contribution in [0.4, 0.5) is 0 Å². The van der Waals surface area contributed by atoms with Crippen LogP contribution in [-0.4, -0.2) is 23.3 Å². The lowest BCUT2D eigenvalue weighted by Crippen LogP contribution is -2.38. The molecule has 3 nitrogen and oxygen atoms in total. The number of aliphatic hydroxyl groups is 1. The molecule has 1 aliphatic rings. The molecule has 3 heteroatoms. The molecule has 17 heavy (non-hydrogen) atoms. The van der Waals surface area contributed by atoms with E-state index in [2.05, 4.69) is 13.8 Å². The Balaban J connectivity index is 2.48. The second kappa shape index (κ2) is 6.39. The topological polar surface area (TPSA) is 46.5 Å². The number of esters is 1. The molecular weight excluding hydrogens is 216 g/mol. The van der Waals surface area contributed by atoms with Gasteiger partial charge < -0.3 is 9.84 Å². The van der Waals surface area contributed by atoms with Gasteiger partial charge in [0.1, 0.15) is 0 Å². The van der Waals surface area contributed by atoms with Crippen LogP contribution < -0.4 is 0 Å². The molecule has 1 rings (SSSR count). The lowest BCUT2D eigenvalue weighted by Gasteiger charge is -2.36. The predicted molar refractivity (Wildman–Crippen MR) is 67.6 cm³/mol. The van der Waals surface area contributed by atoms with Crippen LogP contribution in [-0.2, 0) is 9.53 Å². The maximum Gasteiger partial charge on any atom is 0.308 e. The Hall–Kier alpha value is -0.570. The lowest BCUT2D eigenvalue weighted by molar-refractivity contribution is -0.150. The summed E-state index contributed by atoms with van der Waals surface area (Å²) in [6, 6.07) is 0. The lowest BCUT2D eigenvalue weighted by atomic mass is 9.74. The van der Waals surface area contributed by atoms with Crippen LogP contribution in [0.1, 0.15) is 59.3 Å². The van der Waals surface area contributed by atoms with Gasteiger partial charge >= 0.3 is 5.97 Å². The Kier molecular flexibility index (Phi) is 5.44. The Morgan fingerprint density at radius 3 is 2.82 bits per heavy atom. The molecule has 0 aliphatic heterocycles. The first kappa shape index (κ1) is 14.5. The molecule has 1 fully saturated rings. The van der Waals surface area contributed by atoms with Gasteiger partial charge in [0.25, 0.3) is 0 Å². The van der Waals surface area contributed by atoms with E-state index in [1.807, 2.05) is 0 Å². The van der Waals surface area contributed by atoms with E-state index in [0.717, 1.165) is 25.7 Å². The maximum absolute atomic E-state index is 11.5. The number of hydrogen-bond acceptors (Lipinski definition) is 3. The van der Waals surface area contributed by atoms with Gasteiger partial charge in [0, 0.05) is 0 Å². The minimum absolute atomic E-state index is 0.162. The van der Waals surface area contributed by atoms with Gasteiger partial charge in [0.2, 0.25) is 0 Å². The summed E-state index contributed by atoms with van der Waals surface area (Å²) in [4.78, 5) is 11.5. The molecule has 0 aromatic heterocycles. The van der Waals surface area contributed by atoms with Crippen LogP contribution >= 0.6 is 0 Å². The number of carbonyl (C=O) groups excluding carboxylic acids is 1. The van der Waals surface area contributed by atoms with Gasteiger partial charge in [-0.2, -0.15) is 0 Å². The second-order valence-electron chi connectivity index (χ2n) is 5.80. The average molecular weight is 242 g/mol. The number of carbonyl (C=O) groups is 1. The van der Waals surface area contributed by atoms with E-state index < -0.39 is 5.60 Å². The zero-order valence-electron chi connectivity index (χ0n) is 11.4. The van der Waals surface area contributed by atoms with Crippen LogP contribution in [0.2, 0.25) is 0 Å². The highest BCUT2D eigenvalue weighted by atomic mass is 16.5. The highest BCUT2D eigenvalue weighted by molar-refractivity contribution is 5.70. The van der Waals surface area contributed by atoms with Gasteiger partial charge in [-0.15, -0.1) is 0 Å². The molecule has 0 amide bonds. The van der Waals surface area contributed by atoms with E-state index >= 15 is 0 Å². The summed E-state index contributed by atoms with van der Waals surface area (Å²) in [5, 5.41) is 10.5. The SMILES string of the molecule is CCOC(=O)CC1(O)CCCC(CC(C)C)C1. The molecule has 1 N–H and O–H groups in total. The summed E-state index contributed by atoms with van der Waals surface area (Å²) in [5.41, 5.74) is -0.815. The molecule has 100 valence electrons. The quantitative estimate of drug-likeness (QED) is 0.754.